The molecule has 1 N–H and O–H groups in total. The molecule has 0 radical (unpaired) electrons. The van der Waals surface area contributed by atoms with Crippen LogP contribution in [0.5, 0.6) is 0 Å². The summed E-state index contributed by atoms with van der Waals surface area (Å²) in [7, 11) is 0. The quantitative estimate of drug-likeness (QED) is 0.795. The molecule has 5 nitrogen and oxygen atoms in total. The Morgan fingerprint density at radius 2 is 2.04 bits per heavy atom. The van der Waals surface area contributed by atoms with Gasteiger partial charge in [0.25, 0.3) is 5.91 Å². The highest BCUT2D eigenvalue weighted by Gasteiger charge is 2.30. The summed E-state index contributed by atoms with van der Waals surface area (Å²) < 4.78 is 43.3. The average molecular weight is 386 g/mol. The van der Waals surface area contributed by atoms with Gasteiger partial charge in [-0.3, -0.25) is 4.79 Å². The van der Waals surface area contributed by atoms with Crippen LogP contribution in [0.25, 0.3) is 10.6 Å². The summed E-state index contributed by atoms with van der Waals surface area (Å²) in [6, 6.07) is 4.68. The molecule has 3 rings (SSSR count). The van der Waals surface area contributed by atoms with Crippen LogP contribution in [0.3, 0.4) is 0 Å². The summed E-state index contributed by atoms with van der Waals surface area (Å²) >= 11 is 1.10. The number of rotatable bonds is 4. The SMILES string of the molecule is Cc1nc(-c2ccc(C(F)(F)F)cc2)sc1C(=O)NOC1CCCCO1. The molecule has 1 saturated heterocycles. The fourth-order valence-electron chi connectivity index (χ4n) is 2.50. The van der Waals surface area contributed by atoms with Crippen molar-refractivity contribution in [2.24, 2.45) is 0 Å². The minimum Gasteiger partial charge on any atom is -0.350 e. The molecule has 1 unspecified atom stereocenters. The van der Waals surface area contributed by atoms with Gasteiger partial charge in [0.15, 0.2) is 6.29 Å². The second-order valence-electron chi connectivity index (χ2n) is 5.85. The highest BCUT2D eigenvalue weighted by atomic mass is 32.1. The Balaban J connectivity index is 1.69. The van der Waals surface area contributed by atoms with Crippen LogP contribution in [0.4, 0.5) is 13.2 Å². The van der Waals surface area contributed by atoms with Gasteiger partial charge < -0.3 is 4.74 Å². The highest BCUT2D eigenvalue weighted by Crippen LogP contribution is 2.33. The number of carbonyl (C=O) groups is 1. The van der Waals surface area contributed by atoms with Crippen molar-refractivity contribution in [3.63, 3.8) is 0 Å². The Labute approximate surface area is 152 Å². The van der Waals surface area contributed by atoms with Gasteiger partial charge in [-0.2, -0.15) is 13.2 Å². The van der Waals surface area contributed by atoms with E-state index in [4.69, 9.17) is 9.57 Å². The fourth-order valence-corrected chi connectivity index (χ4v) is 3.46. The first-order valence-electron chi connectivity index (χ1n) is 8.07. The molecule has 0 spiro atoms. The lowest BCUT2D eigenvalue weighted by molar-refractivity contribution is -0.186. The highest BCUT2D eigenvalue weighted by molar-refractivity contribution is 7.17. The predicted octanol–water partition coefficient (Wildman–Crippen LogP) is 4.33. The number of aryl methyl sites for hydroxylation is 1. The zero-order valence-electron chi connectivity index (χ0n) is 13.9. The van der Waals surface area contributed by atoms with Gasteiger partial charge in [-0.1, -0.05) is 12.1 Å². The van der Waals surface area contributed by atoms with Crippen LogP contribution in [0, 0.1) is 6.92 Å². The molecule has 1 aromatic heterocycles. The van der Waals surface area contributed by atoms with Crippen molar-refractivity contribution in [3.05, 3.63) is 40.4 Å². The maximum atomic E-state index is 12.6. The van der Waals surface area contributed by atoms with E-state index in [1.807, 2.05) is 0 Å². The van der Waals surface area contributed by atoms with E-state index in [0.717, 1.165) is 36.3 Å². The van der Waals surface area contributed by atoms with Gasteiger partial charge in [-0.15, -0.1) is 11.3 Å². The van der Waals surface area contributed by atoms with Crippen molar-refractivity contribution in [1.82, 2.24) is 10.5 Å². The van der Waals surface area contributed by atoms with Gasteiger partial charge in [0.2, 0.25) is 0 Å². The first-order valence-corrected chi connectivity index (χ1v) is 8.89. The number of nitrogens with one attached hydrogen (secondary N) is 1. The number of ether oxygens (including phenoxy) is 1. The second-order valence-corrected chi connectivity index (χ2v) is 6.85. The topological polar surface area (TPSA) is 60.5 Å². The van der Waals surface area contributed by atoms with Crippen LogP contribution in [0.15, 0.2) is 24.3 Å². The third-order valence-electron chi connectivity index (χ3n) is 3.88. The number of hydrogen-bond acceptors (Lipinski definition) is 5. The van der Waals surface area contributed by atoms with Crippen LogP contribution in [-0.4, -0.2) is 23.8 Å². The van der Waals surface area contributed by atoms with E-state index in [1.165, 1.54) is 12.1 Å². The predicted molar refractivity (Wildman–Crippen MR) is 89.4 cm³/mol. The Bertz CT molecular complexity index is 769. The van der Waals surface area contributed by atoms with Crippen molar-refractivity contribution in [1.29, 1.82) is 0 Å². The first kappa shape index (κ1) is 18.8. The van der Waals surface area contributed by atoms with E-state index in [1.54, 1.807) is 6.92 Å². The number of thiazole rings is 1. The van der Waals surface area contributed by atoms with E-state index in [9.17, 15) is 18.0 Å². The lowest BCUT2D eigenvalue weighted by Crippen LogP contribution is -2.33. The molecule has 1 aliphatic rings. The van der Waals surface area contributed by atoms with Gasteiger partial charge in [-0.05, 0) is 31.9 Å². The lowest BCUT2D eigenvalue weighted by Gasteiger charge is -2.21. The van der Waals surface area contributed by atoms with Crippen LogP contribution in [0.1, 0.15) is 40.2 Å². The molecule has 1 atom stereocenters. The Kier molecular flexibility index (Phi) is 5.59. The van der Waals surface area contributed by atoms with Crippen molar-refractivity contribution >= 4 is 17.2 Å². The van der Waals surface area contributed by atoms with Gasteiger partial charge in [0.1, 0.15) is 9.88 Å². The molecule has 1 aliphatic heterocycles. The molecule has 26 heavy (non-hydrogen) atoms. The van der Waals surface area contributed by atoms with Gasteiger partial charge >= 0.3 is 6.18 Å². The van der Waals surface area contributed by atoms with Crippen molar-refractivity contribution in [3.8, 4) is 10.6 Å². The molecule has 9 heteroatoms. The molecule has 0 bridgehead atoms. The molecule has 2 heterocycles. The van der Waals surface area contributed by atoms with E-state index in [0.29, 0.717) is 34.2 Å². The maximum Gasteiger partial charge on any atom is 0.416 e. The number of hydroxylamine groups is 1. The minimum absolute atomic E-state index is 0.343. The zero-order valence-corrected chi connectivity index (χ0v) is 14.7. The summed E-state index contributed by atoms with van der Waals surface area (Å²) in [5, 5.41) is 0.468. The standard InChI is InChI=1S/C17H17F3N2O3S/c1-10-14(15(23)22-25-13-4-2-3-9-24-13)26-16(21-10)11-5-7-12(8-6-11)17(18,19)20/h5-8,13H,2-4,9H2,1H3,(H,22,23). The summed E-state index contributed by atoms with van der Waals surface area (Å²) in [4.78, 5) is 22.1. The lowest BCUT2D eigenvalue weighted by atomic mass is 10.1. The number of benzene rings is 1. The van der Waals surface area contributed by atoms with Crippen molar-refractivity contribution in [2.45, 2.75) is 38.7 Å². The molecule has 0 saturated carbocycles. The molecule has 1 fully saturated rings. The molecule has 140 valence electrons. The zero-order chi connectivity index (χ0) is 18.7. The Morgan fingerprint density at radius 1 is 1.31 bits per heavy atom. The average Bonchev–Trinajstić information content (AvgIpc) is 3.02. The number of hydrogen-bond donors (Lipinski definition) is 1. The molecule has 1 amide bonds. The molecule has 0 aliphatic carbocycles. The van der Waals surface area contributed by atoms with Crippen molar-refractivity contribution < 1.29 is 27.5 Å². The number of nitrogens with zero attached hydrogens (tertiary/aromatic N) is 1. The molecular formula is C17H17F3N2O3S. The van der Waals surface area contributed by atoms with E-state index >= 15 is 0 Å². The van der Waals surface area contributed by atoms with Gasteiger partial charge in [-0.25, -0.2) is 15.3 Å². The van der Waals surface area contributed by atoms with Crippen LogP contribution in [0.2, 0.25) is 0 Å². The first-order chi connectivity index (χ1) is 12.3. The number of amides is 1. The van der Waals surface area contributed by atoms with Gasteiger partial charge in [0.05, 0.1) is 11.3 Å². The van der Waals surface area contributed by atoms with E-state index in [-0.39, 0.29) is 0 Å². The molecule has 2 aromatic rings. The Morgan fingerprint density at radius 3 is 2.65 bits per heavy atom. The van der Waals surface area contributed by atoms with E-state index in [2.05, 4.69) is 10.5 Å². The smallest absolute Gasteiger partial charge is 0.350 e. The van der Waals surface area contributed by atoms with Gasteiger partial charge in [0, 0.05) is 18.6 Å². The summed E-state index contributed by atoms with van der Waals surface area (Å²) in [6.45, 7) is 2.26. The third kappa shape index (κ3) is 4.40. The monoisotopic (exact) mass is 386 g/mol. The van der Waals surface area contributed by atoms with Crippen molar-refractivity contribution in [2.75, 3.05) is 6.61 Å². The normalized spacial score (nSPS) is 17.9. The number of aromatic nitrogens is 1. The second kappa shape index (κ2) is 7.73. The molecule has 1 aromatic carbocycles. The van der Waals surface area contributed by atoms with E-state index < -0.39 is 23.9 Å². The maximum absolute atomic E-state index is 12.6. The fraction of sp³-hybridized carbons (Fsp3) is 0.412. The summed E-state index contributed by atoms with van der Waals surface area (Å²) in [6.07, 6.45) is -2.20. The van der Waals surface area contributed by atoms with Crippen LogP contribution < -0.4 is 5.48 Å². The third-order valence-corrected chi connectivity index (χ3v) is 5.09. The Hall–Kier alpha value is -1.97. The van der Waals surface area contributed by atoms with Crippen LogP contribution >= 0.6 is 11.3 Å². The van der Waals surface area contributed by atoms with Crippen LogP contribution in [-0.2, 0) is 15.8 Å². The largest absolute Gasteiger partial charge is 0.416 e. The number of alkyl halides is 3. The molecular weight excluding hydrogens is 369 g/mol. The summed E-state index contributed by atoms with van der Waals surface area (Å²) in [5.74, 6) is -0.452. The minimum atomic E-state index is -4.39. The number of carbonyl (C=O) groups excluding carboxylic acids is 1. The summed E-state index contributed by atoms with van der Waals surface area (Å²) in [5.41, 5.74) is 2.63. The number of halogens is 3.